The van der Waals surface area contributed by atoms with Gasteiger partial charge in [-0.3, -0.25) is 9.59 Å². The third kappa shape index (κ3) is 3.76. The molecule has 3 N–H and O–H groups in total. The lowest BCUT2D eigenvalue weighted by Crippen LogP contribution is -2.18. The van der Waals surface area contributed by atoms with E-state index in [1.54, 1.807) is 24.3 Å². The molecule has 6 nitrogen and oxygen atoms in total. The number of nitrogens with one attached hydrogen (secondary N) is 1. The molecular formula is C18H16N4O2. The molecule has 0 bridgehead atoms. The molecule has 6 heteroatoms. The molecule has 0 unspecified atom stereocenters. The van der Waals surface area contributed by atoms with Crippen LogP contribution >= 0.6 is 0 Å². The maximum atomic E-state index is 11.9. The Kier molecular flexibility index (Phi) is 4.25. The standard InChI is InChI=1S/C18H16N4O2/c19-10-12-3-1-11(2-4-12)7-13-8-15(17(20)23)21-16(9-13)22-18(24)14-5-6-14/h1-4,8-9,14H,5-7H2,(H2,20,23)(H,21,22,24). The van der Waals surface area contributed by atoms with E-state index in [0.29, 0.717) is 17.8 Å². The molecule has 0 radical (unpaired) electrons. The van der Waals surface area contributed by atoms with Crippen LogP contribution in [-0.2, 0) is 11.2 Å². The van der Waals surface area contributed by atoms with Crippen molar-refractivity contribution in [2.24, 2.45) is 11.7 Å². The molecular weight excluding hydrogens is 304 g/mol. The first-order valence-corrected chi connectivity index (χ1v) is 7.66. The zero-order chi connectivity index (χ0) is 17.1. The average Bonchev–Trinajstić information content (AvgIpc) is 3.40. The minimum absolute atomic E-state index is 0.0472. The lowest BCUT2D eigenvalue weighted by molar-refractivity contribution is -0.117. The van der Waals surface area contributed by atoms with Crippen molar-refractivity contribution < 1.29 is 9.59 Å². The highest BCUT2D eigenvalue weighted by atomic mass is 16.2. The Bertz CT molecular complexity index is 833. The highest BCUT2D eigenvalue weighted by Gasteiger charge is 2.30. The van der Waals surface area contributed by atoms with Gasteiger partial charge in [0, 0.05) is 5.92 Å². The van der Waals surface area contributed by atoms with Gasteiger partial charge in [0.2, 0.25) is 5.91 Å². The van der Waals surface area contributed by atoms with Gasteiger partial charge < -0.3 is 11.1 Å². The summed E-state index contributed by atoms with van der Waals surface area (Å²) in [6.45, 7) is 0. The van der Waals surface area contributed by atoms with E-state index in [2.05, 4.69) is 16.4 Å². The summed E-state index contributed by atoms with van der Waals surface area (Å²) in [6.07, 6.45) is 2.32. The second kappa shape index (κ2) is 6.50. The quantitative estimate of drug-likeness (QED) is 0.878. The summed E-state index contributed by atoms with van der Waals surface area (Å²) in [6, 6.07) is 12.6. The van der Waals surface area contributed by atoms with Gasteiger partial charge in [0.15, 0.2) is 0 Å². The first-order chi connectivity index (χ1) is 11.5. The summed E-state index contributed by atoms with van der Waals surface area (Å²) in [5.74, 6) is -0.329. The van der Waals surface area contributed by atoms with Crippen LogP contribution in [0.3, 0.4) is 0 Å². The number of rotatable bonds is 5. The van der Waals surface area contributed by atoms with Crippen LogP contribution in [0, 0.1) is 17.2 Å². The third-order valence-electron chi connectivity index (χ3n) is 3.83. The largest absolute Gasteiger partial charge is 0.364 e. The number of primary amides is 1. The van der Waals surface area contributed by atoms with Gasteiger partial charge in [0.05, 0.1) is 11.6 Å². The van der Waals surface area contributed by atoms with Crippen molar-refractivity contribution in [1.82, 2.24) is 4.98 Å². The highest BCUT2D eigenvalue weighted by molar-refractivity contribution is 5.95. The molecule has 2 aromatic rings. The third-order valence-corrected chi connectivity index (χ3v) is 3.83. The molecule has 1 aliphatic rings. The number of carbonyl (C=O) groups excluding carboxylic acids is 2. The Morgan fingerprint density at radius 1 is 1.21 bits per heavy atom. The van der Waals surface area contributed by atoms with Crippen LogP contribution in [0.2, 0.25) is 0 Å². The van der Waals surface area contributed by atoms with Gasteiger partial charge in [-0.05, 0) is 54.7 Å². The van der Waals surface area contributed by atoms with Crippen LogP contribution in [0.25, 0.3) is 0 Å². The van der Waals surface area contributed by atoms with E-state index >= 15 is 0 Å². The number of nitriles is 1. The van der Waals surface area contributed by atoms with E-state index in [0.717, 1.165) is 24.0 Å². The number of hydrogen-bond donors (Lipinski definition) is 2. The van der Waals surface area contributed by atoms with Gasteiger partial charge in [-0.2, -0.15) is 5.26 Å². The average molecular weight is 320 g/mol. The minimum Gasteiger partial charge on any atom is -0.364 e. The van der Waals surface area contributed by atoms with E-state index in [9.17, 15) is 9.59 Å². The van der Waals surface area contributed by atoms with E-state index in [1.807, 2.05) is 12.1 Å². The Morgan fingerprint density at radius 2 is 1.92 bits per heavy atom. The normalized spacial score (nSPS) is 13.1. The predicted octanol–water partition coefficient (Wildman–Crippen LogP) is 1.99. The molecule has 1 aromatic heterocycles. The van der Waals surface area contributed by atoms with Gasteiger partial charge in [-0.15, -0.1) is 0 Å². The molecule has 24 heavy (non-hydrogen) atoms. The maximum absolute atomic E-state index is 11.9. The van der Waals surface area contributed by atoms with Crippen molar-refractivity contribution in [1.29, 1.82) is 5.26 Å². The second-order valence-corrected chi connectivity index (χ2v) is 5.86. The van der Waals surface area contributed by atoms with Crippen LogP contribution in [0.1, 0.15) is 40.0 Å². The summed E-state index contributed by atoms with van der Waals surface area (Å²) >= 11 is 0. The van der Waals surface area contributed by atoms with Crippen molar-refractivity contribution in [2.45, 2.75) is 19.3 Å². The number of amides is 2. The van der Waals surface area contributed by atoms with Crippen LogP contribution in [0.4, 0.5) is 5.82 Å². The first kappa shape index (κ1) is 15.7. The fraction of sp³-hybridized carbons (Fsp3) is 0.222. The minimum atomic E-state index is -0.640. The molecule has 1 fully saturated rings. The Labute approximate surface area is 139 Å². The van der Waals surface area contributed by atoms with Gasteiger partial charge in [0.25, 0.3) is 5.91 Å². The molecule has 1 saturated carbocycles. The van der Waals surface area contributed by atoms with Crippen molar-refractivity contribution >= 4 is 17.6 Å². The molecule has 1 aromatic carbocycles. The Morgan fingerprint density at radius 3 is 2.50 bits per heavy atom. The summed E-state index contributed by atoms with van der Waals surface area (Å²) in [5.41, 5.74) is 7.84. The van der Waals surface area contributed by atoms with Gasteiger partial charge in [-0.1, -0.05) is 12.1 Å². The van der Waals surface area contributed by atoms with E-state index in [-0.39, 0.29) is 17.5 Å². The Balaban J connectivity index is 1.84. The number of pyridine rings is 1. The molecule has 0 atom stereocenters. The van der Waals surface area contributed by atoms with Crippen molar-refractivity contribution in [3.05, 3.63) is 58.8 Å². The molecule has 0 saturated heterocycles. The molecule has 1 aliphatic carbocycles. The molecule has 3 rings (SSSR count). The van der Waals surface area contributed by atoms with E-state index in [4.69, 9.17) is 11.0 Å². The smallest absolute Gasteiger partial charge is 0.267 e. The maximum Gasteiger partial charge on any atom is 0.267 e. The number of carbonyl (C=O) groups is 2. The number of aromatic nitrogens is 1. The predicted molar refractivity (Wildman–Crippen MR) is 88.1 cm³/mol. The van der Waals surface area contributed by atoms with Crippen molar-refractivity contribution in [2.75, 3.05) is 5.32 Å². The summed E-state index contributed by atoms with van der Waals surface area (Å²) in [7, 11) is 0. The number of anilines is 1. The highest BCUT2D eigenvalue weighted by Crippen LogP contribution is 2.30. The lowest BCUT2D eigenvalue weighted by Gasteiger charge is -2.09. The van der Waals surface area contributed by atoms with Crippen LogP contribution < -0.4 is 11.1 Å². The number of nitrogens with zero attached hydrogens (tertiary/aromatic N) is 2. The van der Waals surface area contributed by atoms with Crippen LogP contribution in [0.5, 0.6) is 0 Å². The van der Waals surface area contributed by atoms with E-state index < -0.39 is 5.91 Å². The van der Waals surface area contributed by atoms with E-state index in [1.165, 1.54) is 0 Å². The summed E-state index contributed by atoms with van der Waals surface area (Å²) in [4.78, 5) is 27.5. The zero-order valence-corrected chi connectivity index (χ0v) is 13.0. The number of nitrogens with two attached hydrogens (primary N) is 1. The summed E-state index contributed by atoms with van der Waals surface area (Å²) in [5, 5.41) is 11.6. The first-order valence-electron chi connectivity index (χ1n) is 7.66. The second-order valence-electron chi connectivity index (χ2n) is 5.86. The van der Waals surface area contributed by atoms with Gasteiger partial charge in [0.1, 0.15) is 11.5 Å². The molecule has 2 amide bonds. The van der Waals surface area contributed by atoms with Crippen molar-refractivity contribution in [3.8, 4) is 6.07 Å². The van der Waals surface area contributed by atoms with Crippen molar-refractivity contribution in [3.63, 3.8) is 0 Å². The number of benzene rings is 1. The topological polar surface area (TPSA) is 109 Å². The fourth-order valence-corrected chi connectivity index (χ4v) is 2.39. The molecule has 0 aliphatic heterocycles. The van der Waals surface area contributed by atoms with Gasteiger partial charge in [-0.25, -0.2) is 4.98 Å². The molecule has 120 valence electrons. The fourth-order valence-electron chi connectivity index (χ4n) is 2.39. The Hall–Kier alpha value is -3.20. The molecule has 1 heterocycles. The van der Waals surface area contributed by atoms with Crippen LogP contribution in [-0.4, -0.2) is 16.8 Å². The summed E-state index contributed by atoms with van der Waals surface area (Å²) < 4.78 is 0. The molecule has 0 spiro atoms. The monoisotopic (exact) mass is 320 g/mol. The van der Waals surface area contributed by atoms with Crippen LogP contribution in [0.15, 0.2) is 36.4 Å². The van der Waals surface area contributed by atoms with Gasteiger partial charge >= 0.3 is 0 Å². The number of hydrogen-bond acceptors (Lipinski definition) is 4. The zero-order valence-electron chi connectivity index (χ0n) is 13.0. The SMILES string of the molecule is N#Cc1ccc(Cc2cc(NC(=O)C3CC3)nc(C(N)=O)c2)cc1. The lowest BCUT2D eigenvalue weighted by atomic mass is 10.0.